The molecule has 0 atom stereocenters. The molecule has 5 rings (SSSR count). The molecule has 38 heavy (non-hydrogen) atoms. The Hall–Kier alpha value is -4.53. The van der Waals surface area contributed by atoms with Gasteiger partial charge in [-0.1, -0.05) is 30.3 Å². The highest BCUT2D eigenvalue weighted by Gasteiger charge is 2.25. The van der Waals surface area contributed by atoms with Gasteiger partial charge in [-0.2, -0.15) is 0 Å². The molecule has 1 fully saturated rings. The molecular weight excluding hydrogens is 485 g/mol. The highest BCUT2D eigenvalue weighted by Crippen LogP contribution is 2.19. The summed E-state index contributed by atoms with van der Waals surface area (Å²) in [6.45, 7) is 2.45. The van der Waals surface area contributed by atoms with E-state index in [-0.39, 0.29) is 24.9 Å². The molecule has 194 valence electrons. The molecule has 0 radical (unpaired) electrons. The lowest BCUT2D eigenvalue weighted by Crippen LogP contribution is -2.44. The second kappa shape index (κ2) is 11.7. The van der Waals surface area contributed by atoms with E-state index in [0.717, 1.165) is 30.0 Å². The van der Waals surface area contributed by atoms with E-state index < -0.39 is 5.82 Å². The van der Waals surface area contributed by atoms with Crippen LogP contribution < -0.4 is 4.90 Å². The third-order valence-corrected chi connectivity index (χ3v) is 6.52. The number of benzene rings is 2. The lowest BCUT2D eigenvalue weighted by Gasteiger charge is -2.26. The average Bonchev–Trinajstić information content (AvgIpc) is 3.34. The van der Waals surface area contributed by atoms with E-state index in [1.54, 1.807) is 17.0 Å². The van der Waals surface area contributed by atoms with Gasteiger partial charge in [0.1, 0.15) is 18.1 Å². The van der Waals surface area contributed by atoms with Gasteiger partial charge in [-0.15, -0.1) is 10.2 Å². The summed E-state index contributed by atoms with van der Waals surface area (Å²) in [6, 6.07) is 22.6. The highest BCUT2D eigenvalue weighted by atomic mass is 19.1. The van der Waals surface area contributed by atoms with Crippen molar-refractivity contribution in [1.29, 1.82) is 0 Å². The lowest BCUT2D eigenvalue weighted by molar-refractivity contribution is -0.131. The lowest BCUT2D eigenvalue weighted by atomic mass is 10.1. The summed E-state index contributed by atoms with van der Waals surface area (Å²) in [5.41, 5.74) is 2.13. The van der Waals surface area contributed by atoms with Crippen LogP contribution in [0.4, 0.5) is 10.2 Å². The Morgan fingerprint density at radius 1 is 0.868 bits per heavy atom. The Morgan fingerprint density at radius 2 is 1.68 bits per heavy atom. The van der Waals surface area contributed by atoms with E-state index >= 15 is 0 Å². The van der Waals surface area contributed by atoms with Crippen molar-refractivity contribution in [2.24, 2.45) is 0 Å². The molecular formula is C29H28FN5O3. The second-order valence-electron chi connectivity index (χ2n) is 9.11. The van der Waals surface area contributed by atoms with Crippen LogP contribution in [0.15, 0.2) is 89.5 Å². The molecule has 0 aliphatic carbocycles. The van der Waals surface area contributed by atoms with Gasteiger partial charge in [0.25, 0.3) is 5.91 Å². The van der Waals surface area contributed by atoms with E-state index in [4.69, 9.17) is 4.42 Å². The van der Waals surface area contributed by atoms with Crippen molar-refractivity contribution in [2.45, 2.75) is 13.0 Å². The maximum Gasteiger partial charge on any atom is 0.254 e. The minimum atomic E-state index is -0.427. The molecule has 4 aromatic rings. The first-order valence-corrected chi connectivity index (χ1v) is 12.6. The number of carbonyl (C=O) groups is 2. The van der Waals surface area contributed by atoms with Gasteiger partial charge in [0.2, 0.25) is 5.91 Å². The molecule has 0 unspecified atom stereocenters. The van der Waals surface area contributed by atoms with Crippen molar-refractivity contribution in [3.63, 3.8) is 0 Å². The topological polar surface area (TPSA) is 82.8 Å². The van der Waals surface area contributed by atoms with Crippen molar-refractivity contribution in [3.8, 4) is 11.3 Å². The number of furan rings is 1. The first kappa shape index (κ1) is 25.1. The Balaban J connectivity index is 1.23. The third kappa shape index (κ3) is 6.05. The van der Waals surface area contributed by atoms with Crippen molar-refractivity contribution in [2.75, 3.05) is 37.6 Å². The van der Waals surface area contributed by atoms with Crippen LogP contribution in [0, 0.1) is 5.82 Å². The van der Waals surface area contributed by atoms with Gasteiger partial charge >= 0.3 is 0 Å². The number of amides is 2. The number of nitrogens with zero attached hydrogens (tertiary/aromatic N) is 5. The van der Waals surface area contributed by atoms with E-state index in [9.17, 15) is 14.0 Å². The van der Waals surface area contributed by atoms with Crippen LogP contribution >= 0.6 is 0 Å². The average molecular weight is 514 g/mol. The van der Waals surface area contributed by atoms with Gasteiger partial charge in [0.15, 0.2) is 5.82 Å². The van der Waals surface area contributed by atoms with E-state index in [0.29, 0.717) is 31.0 Å². The number of carbonyl (C=O) groups excluding carboxylic acids is 2. The molecule has 1 aliphatic heterocycles. The predicted octanol–water partition coefficient (Wildman–Crippen LogP) is 4.26. The first-order valence-electron chi connectivity index (χ1n) is 12.6. The zero-order valence-corrected chi connectivity index (χ0v) is 20.9. The SMILES string of the molecule is O=C(CN(Cc1ccco1)C(=O)c1ccc(F)cc1)N1CCCN(c2ccc(-c3ccccc3)nn2)CC1. The smallest absolute Gasteiger partial charge is 0.254 e. The standard InChI is InChI=1S/C29H28FN5O3/c30-24-11-9-23(10-12-24)29(37)35(20-25-8-4-19-38-25)21-28(36)34-16-5-15-33(17-18-34)27-14-13-26(31-32-27)22-6-2-1-3-7-22/h1-4,6-14,19H,5,15-18,20-21H2. The summed E-state index contributed by atoms with van der Waals surface area (Å²) in [5.74, 6) is 0.390. The van der Waals surface area contributed by atoms with Crippen LogP contribution in [-0.4, -0.2) is 64.5 Å². The molecule has 8 nitrogen and oxygen atoms in total. The molecule has 0 spiro atoms. The molecule has 2 aromatic carbocycles. The second-order valence-corrected chi connectivity index (χ2v) is 9.11. The maximum absolute atomic E-state index is 13.4. The Morgan fingerprint density at radius 3 is 2.39 bits per heavy atom. The maximum atomic E-state index is 13.4. The molecule has 9 heteroatoms. The molecule has 0 N–H and O–H groups in total. The number of aromatic nitrogens is 2. The van der Waals surface area contributed by atoms with Crippen molar-refractivity contribution in [3.05, 3.63) is 102 Å². The molecule has 1 saturated heterocycles. The minimum absolute atomic E-state index is 0.109. The Labute approximate surface area is 220 Å². The van der Waals surface area contributed by atoms with Crippen LogP contribution in [0.2, 0.25) is 0 Å². The van der Waals surface area contributed by atoms with E-state index in [2.05, 4.69) is 15.1 Å². The first-order chi connectivity index (χ1) is 18.6. The van der Waals surface area contributed by atoms with E-state index in [1.807, 2.05) is 42.5 Å². The predicted molar refractivity (Wildman–Crippen MR) is 141 cm³/mol. The fraction of sp³-hybridized carbons (Fsp3) is 0.241. The molecule has 3 heterocycles. The third-order valence-electron chi connectivity index (χ3n) is 6.52. The van der Waals surface area contributed by atoms with Crippen LogP contribution in [0.25, 0.3) is 11.3 Å². The quantitative estimate of drug-likeness (QED) is 0.367. The monoisotopic (exact) mass is 513 g/mol. The number of halogens is 1. The van der Waals surface area contributed by atoms with Gasteiger partial charge < -0.3 is 19.1 Å². The summed E-state index contributed by atoms with van der Waals surface area (Å²) in [7, 11) is 0. The summed E-state index contributed by atoms with van der Waals surface area (Å²) in [6.07, 6.45) is 2.29. The molecule has 0 bridgehead atoms. The Kier molecular flexibility index (Phi) is 7.73. The van der Waals surface area contributed by atoms with E-state index in [1.165, 1.54) is 35.4 Å². The van der Waals surface area contributed by atoms with Gasteiger partial charge in [-0.05, 0) is 55.0 Å². The number of hydrogen-bond acceptors (Lipinski definition) is 6. The molecule has 1 aliphatic rings. The Bertz CT molecular complexity index is 1350. The van der Waals surface area contributed by atoms with Crippen LogP contribution in [-0.2, 0) is 11.3 Å². The number of hydrogen-bond donors (Lipinski definition) is 0. The highest BCUT2D eigenvalue weighted by molar-refractivity contribution is 5.96. The van der Waals surface area contributed by atoms with Crippen molar-refractivity contribution < 1.29 is 18.4 Å². The van der Waals surface area contributed by atoms with Crippen molar-refractivity contribution in [1.82, 2.24) is 20.0 Å². The number of anilines is 1. The van der Waals surface area contributed by atoms with Gasteiger partial charge in [0.05, 0.1) is 18.5 Å². The molecule has 0 saturated carbocycles. The minimum Gasteiger partial charge on any atom is -0.467 e. The zero-order valence-electron chi connectivity index (χ0n) is 20.9. The summed E-state index contributed by atoms with van der Waals surface area (Å²) in [4.78, 5) is 31.9. The van der Waals surface area contributed by atoms with Crippen molar-refractivity contribution >= 4 is 17.6 Å². The van der Waals surface area contributed by atoms with Crippen LogP contribution in [0.5, 0.6) is 0 Å². The van der Waals surface area contributed by atoms with Crippen LogP contribution in [0.1, 0.15) is 22.5 Å². The summed E-state index contributed by atoms with van der Waals surface area (Å²) in [5, 5.41) is 8.81. The van der Waals surface area contributed by atoms with Crippen LogP contribution in [0.3, 0.4) is 0 Å². The van der Waals surface area contributed by atoms with Gasteiger partial charge in [-0.25, -0.2) is 4.39 Å². The summed E-state index contributed by atoms with van der Waals surface area (Å²) < 4.78 is 18.8. The molecule has 2 aromatic heterocycles. The number of rotatable bonds is 7. The fourth-order valence-electron chi connectivity index (χ4n) is 4.48. The fourth-order valence-corrected chi connectivity index (χ4v) is 4.48. The largest absolute Gasteiger partial charge is 0.467 e. The van der Waals surface area contributed by atoms with Gasteiger partial charge in [-0.3, -0.25) is 9.59 Å². The normalized spacial score (nSPS) is 13.7. The van der Waals surface area contributed by atoms with Gasteiger partial charge in [0, 0.05) is 37.3 Å². The zero-order chi connectivity index (χ0) is 26.3. The molecule has 2 amide bonds. The summed E-state index contributed by atoms with van der Waals surface area (Å²) >= 11 is 0.